The number of carbonyl (C=O) groups excluding carboxylic acids is 2. The van der Waals surface area contributed by atoms with Crippen molar-refractivity contribution in [3.8, 4) is 0 Å². The molecule has 2 N–H and O–H groups in total. The molecule has 0 aromatic heterocycles. The smallest absolute Gasteiger partial charge is 0.335 e. The van der Waals surface area contributed by atoms with Gasteiger partial charge in [0.25, 0.3) is 5.91 Å². The number of hydrogen-bond acceptors (Lipinski definition) is 6. The molecule has 2 atom stereocenters. The van der Waals surface area contributed by atoms with Crippen LogP contribution in [0.4, 0.5) is 0 Å². The van der Waals surface area contributed by atoms with Crippen molar-refractivity contribution in [2.45, 2.75) is 25.0 Å². The number of ether oxygens (including phenoxy) is 2. The molecule has 18 heavy (non-hydrogen) atoms. The molecule has 0 aromatic rings. The SMILES string of the molecule is CN(CCO)C(=O)C1CCC(C(=O)OCCO)O1. The van der Waals surface area contributed by atoms with Gasteiger partial charge in [0, 0.05) is 13.6 Å². The van der Waals surface area contributed by atoms with Gasteiger partial charge in [-0.25, -0.2) is 4.79 Å². The van der Waals surface area contributed by atoms with E-state index in [9.17, 15) is 9.59 Å². The summed E-state index contributed by atoms with van der Waals surface area (Å²) in [5.74, 6) is -0.800. The lowest BCUT2D eigenvalue weighted by atomic mass is 10.2. The van der Waals surface area contributed by atoms with E-state index >= 15 is 0 Å². The molecule has 1 amide bonds. The summed E-state index contributed by atoms with van der Waals surface area (Å²) < 4.78 is 10.1. The Balaban J connectivity index is 2.40. The van der Waals surface area contributed by atoms with Crippen LogP contribution >= 0.6 is 0 Å². The zero-order valence-electron chi connectivity index (χ0n) is 10.4. The monoisotopic (exact) mass is 261 g/mol. The summed E-state index contributed by atoms with van der Waals surface area (Å²) in [6, 6.07) is 0. The number of amides is 1. The fraction of sp³-hybridized carbons (Fsp3) is 0.818. The highest BCUT2D eigenvalue weighted by Gasteiger charge is 2.36. The molecule has 0 spiro atoms. The molecule has 1 aliphatic heterocycles. The number of aliphatic hydroxyl groups excluding tert-OH is 2. The van der Waals surface area contributed by atoms with Gasteiger partial charge in [-0.2, -0.15) is 0 Å². The van der Waals surface area contributed by atoms with Crippen LogP contribution < -0.4 is 0 Å². The molecule has 7 nitrogen and oxygen atoms in total. The highest BCUT2D eigenvalue weighted by atomic mass is 16.6. The van der Waals surface area contributed by atoms with E-state index in [-0.39, 0.29) is 32.3 Å². The number of esters is 1. The van der Waals surface area contributed by atoms with Gasteiger partial charge in [-0.15, -0.1) is 0 Å². The number of nitrogens with zero attached hydrogens (tertiary/aromatic N) is 1. The summed E-state index contributed by atoms with van der Waals surface area (Å²) in [7, 11) is 1.57. The third-order valence-electron chi connectivity index (χ3n) is 2.71. The lowest BCUT2D eigenvalue weighted by molar-refractivity contribution is -0.160. The van der Waals surface area contributed by atoms with E-state index in [0.717, 1.165) is 0 Å². The van der Waals surface area contributed by atoms with Crippen LogP contribution in [-0.4, -0.2) is 72.6 Å². The summed E-state index contributed by atoms with van der Waals surface area (Å²) in [6.07, 6.45) is -0.525. The second-order valence-electron chi connectivity index (χ2n) is 4.07. The van der Waals surface area contributed by atoms with Crippen LogP contribution in [0.5, 0.6) is 0 Å². The van der Waals surface area contributed by atoms with Crippen molar-refractivity contribution in [3.05, 3.63) is 0 Å². The number of rotatable bonds is 6. The topological polar surface area (TPSA) is 96.3 Å². The predicted molar refractivity (Wildman–Crippen MR) is 60.7 cm³/mol. The van der Waals surface area contributed by atoms with Crippen LogP contribution in [0, 0.1) is 0 Å². The molecule has 1 aliphatic rings. The highest BCUT2D eigenvalue weighted by molar-refractivity contribution is 5.82. The maximum atomic E-state index is 11.8. The summed E-state index contributed by atoms with van der Waals surface area (Å²) in [5, 5.41) is 17.3. The summed E-state index contributed by atoms with van der Waals surface area (Å²) in [4.78, 5) is 24.6. The Morgan fingerprint density at radius 1 is 1.28 bits per heavy atom. The zero-order chi connectivity index (χ0) is 13.5. The van der Waals surface area contributed by atoms with E-state index in [2.05, 4.69) is 0 Å². The maximum Gasteiger partial charge on any atom is 0.335 e. The lowest BCUT2D eigenvalue weighted by Gasteiger charge is -2.20. The second-order valence-corrected chi connectivity index (χ2v) is 4.07. The summed E-state index contributed by atoms with van der Waals surface area (Å²) >= 11 is 0. The van der Waals surface area contributed by atoms with Gasteiger partial charge in [-0.1, -0.05) is 0 Å². The maximum absolute atomic E-state index is 11.8. The first-order valence-corrected chi connectivity index (χ1v) is 5.89. The molecule has 0 aromatic carbocycles. The standard InChI is InChI=1S/C11H19NO6/c1-12(4-5-13)10(15)8-2-3-9(18-8)11(16)17-7-6-14/h8-9,13-14H,2-7H2,1H3. The first kappa shape index (κ1) is 14.9. The number of likely N-dealkylation sites (N-methyl/N-ethyl adjacent to an activating group) is 1. The molecule has 1 saturated heterocycles. The molecular formula is C11H19NO6. The Labute approximate surface area is 105 Å². The van der Waals surface area contributed by atoms with Crippen molar-refractivity contribution >= 4 is 11.9 Å². The molecule has 1 heterocycles. The Morgan fingerprint density at radius 2 is 1.94 bits per heavy atom. The fourth-order valence-electron chi connectivity index (χ4n) is 1.74. The second kappa shape index (κ2) is 7.30. The molecule has 0 saturated carbocycles. The van der Waals surface area contributed by atoms with E-state index in [1.54, 1.807) is 7.05 Å². The van der Waals surface area contributed by atoms with Crippen LogP contribution in [0.15, 0.2) is 0 Å². The first-order valence-electron chi connectivity index (χ1n) is 5.89. The molecule has 104 valence electrons. The Kier molecular flexibility index (Phi) is 6.03. The minimum Gasteiger partial charge on any atom is -0.461 e. The van der Waals surface area contributed by atoms with Crippen molar-refractivity contribution in [2.75, 3.05) is 33.4 Å². The van der Waals surface area contributed by atoms with E-state index in [1.807, 2.05) is 0 Å². The van der Waals surface area contributed by atoms with Crippen molar-refractivity contribution < 1.29 is 29.3 Å². The lowest BCUT2D eigenvalue weighted by Crippen LogP contribution is -2.38. The van der Waals surface area contributed by atoms with E-state index in [0.29, 0.717) is 12.8 Å². The Morgan fingerprint density at radius 3 is 2.56 bits per heavy atom. The molecule has 7 heteroatoms. The first-order chi connectivity index (χ1) is 8.60. The third-order valence-corrected chi connectivity index (χ3v) is 2.71. The average molecular weight is 261 g/mol. The molecule has 2 unspecified atom stereocenters. The van der Waals surface area contributed by atoms with Crippen molar-refractivity contribution in [1.82, 2.24) is 4.90 Å². The number of aliphatic hydroxyl groups is 2. The van der Waals surface area contributed by atoms with Gasteiger partial charge < -0.3 is 24.6 Å². The zero-order valence-corrected chi connectivity index (χ0v) is 10.4. The Bertz CT molecular complexity index is 295. The van der Waals surface area contributed by atoms with Gasteiger partial charge >= 0.3 is 5.97 Å². The van der Waals surface area contributed by atoms with Gasteiger partial charge in [0.2, 0.25) is 0 Å². The molecule has 1 rings (SSSR count). The molecule has 1 fully saturated rings. The van der Waals surface area contributed by atoms with Crippen LogP contribution in [0.3, 0.4) is 0 Å². The molecular weight excluding hydrogens is 242 g/mol. The molecule has 0 radical (unpaired) electrons. The predicted octanol–water partition coefficient (Wildman–Crippen LogP) is -1.48. The summed E-state index contributed by atoms with van der Waals surface area (Å²) in [6.45, 7) is -0.184. The van der Waals surface area contributed by atoms with Crippen molar-refractivity contribution in [3.63, 3.8) is 0 Å². The van der Waals surface area contributed by atoms with Gasteiger partial charge in [-0.05, 0) is 12.8 Å². The molecule has 0 aliphatic carbocycles. The molecule has 0 bridgehead atoms. The van der Waals surface area contributed by atoms with Crippen LogP contribution in [0.25, 0.3) is 0 Å². The van der Waals surface area contributed by atoms with Gasteiger partial charge in [0.1, 0.15) is 12.7 Å². The Hall–Kier alpha value is -1.18. The van der Waals surface area contributed by atoms with Crippen LogP contribution in [0.2, 0.25) is 0 Å². The van der Waals surface area contributed by atoms with E-state index in [4.69, 9.17) is 19.7 Å². The number of hydrogen-bond donors (Lipinski definition) is 2. The number of carbonyl (C=O) groups is 2. The van der Waals surface area contributed by atoms with E-state index in [1.165, 1.54) is 4.90 Å². The third kappa shape index (κ3) is 3.94. The van der Waals surface area contributed by atoms with Gasteiger partial charge in [-0.3, -0.25) is 4.79 Å². The quantitative estimate of drug-likeness (QED) is 0.566. The largest absolute Gasteiger partial charge is 0.461 e. The van der Waals surface area contributed by atoms with E-state index < -0.39 is 18.2 Å². The van der Waals surface area contributed by atoms with Crippen LogP contribution in [0.1, 0.15) is 12.8 Å². The highest BCUT2D eigenvalue weighted by Crippen LogP contribution is 2.22. The van der Waals surface area contributed by atoms with Crippen LogP contribution in [-0.2, 0) is 19.1 Å². The normalized spacial score (nSPS) is 22.8. The minimum absolute atomic E-state index is 0.0677. The average Bonchev–Trinajstić information content (AvgIpc) is 2.84. The van der Waals surface area contributed by atoms with Gasteiger partial charge in [0.15, 0.2) is 6.10 Å². The summed E-state index contributed by atoms with van der Waals surface area (Å²) in [5.41, 5.74) is 0. The fourth-order valence-corrected chi connectivity index (χ4v) is 1.74. The van der Waals surface area contributed by atoms with Crippen molar-refractivity contribution in [1.29, 1.82) is 0 Å². The van der Waals surface area contributed by atoms with Crippen molar-refractivity contribution in [2.24, 2.45) is 0 Å². The minimum atomic E-state index is -0.743. The van der Waals surface area contributed by atoms with Gasteiger partial charge in [0.05, 0.1) is 13.2 Å².